The number of rotatable bonds is 7. The molecule has 4 aromatic heterocycles. The summed E-state index contributed by atoms with van der Waals surface area (Å²) in [5.41, 5.74) is 18.7. The molecule has 0 unspecified atom stereocenters. The van der Waals surface area contributed by atoms with Crippen LogP contribution >= 0.6 is 0 Å². The lowest BCUT2D eigenvalue weighted by atomic mass is 9.83. The zero-order valence-electron chi connectivity index (χ0n) is 53.5. The van der Waals surface area contributed by atoms with Gasteiger partial charge in [-0.1, -0.05) is 211 Å². The van der Waals surface area contributed by atoms with E-state index in [-0.39, 0.29) is 28.5 Å². The van der Waals surface area contributed by atoms with Crippen LogP contribution < -0.4 is 9.30 Å². The molecule has 0 radical (unpaired) electrons. The second-order valence-electron chi connectivity index (χ2n) is 24.6. The van der Waals surface area contributed by atoms with Crippen LogP contribution in [-0.4, -0.2) is 14.1 Å². The van der Waals surface area contributed by atoms with Gasteiger partial charge in [0, 0.05) is 33.8 Å². The van der Waals surface area contributed by atoms with Gasteiger partial charge in [0.15, 0.2) is 0 Å². The summed E-state index contributed by atoms with van der Waals surface area (Å²) in [5.74, 6) is 2.14. The molecule has 0 saturated carbocycles. The lowest BCUT2D eigenvalue weighted by molar-refractivity contribution is -0.570. The number of hydrogen-bond acceptors (Lipinski definition) is 3. The zero-order chi connectivity index (χ0) is 62.4. The molecule has 0 amide bonds. The van der Waals surface area contributed by atoms with Crippen molar-refractivity contribution in [2.75, 3.05) is 0 Å². The fraction of sp³-hybridized carbons (Fsp3) is 0.100. The maximum Gasteiger partial charge on any atom is 0.269 e. The third-order valence-corrected chi connectivity index (χ3v) is 17.2. The summed E-state index contributed by atoms with van der Waals surface area (Å²) in [4.78, 5) is 4.94. The number of nitrogens with zero attached hydrogens (tertiary/aromatic N) is 4. The van der Waals surface area contributed by atoms with E-state index in [1.54, 1.807) is 0 Å². The van der Waals surface area contributed by atoms with E-state index in [1.165, 1.54) is 11.1 Å². The predicted molar refractivity (Wildman–Crippen MR) is 353 cm³/mol. The Kier molecular flexibility index (Phi) is 10.4. The Labute approximate surface area is 507 Å². The fourth-order valence-corrected chi connectivity index (χ4v) is 12.9. The van der Waals surface area contributed by atoms with Gasteiger partial charge in [-0.25, -0.2) is 4.98 Å². The second kappa shape index (κ2) is 19.5. The molecule has 412 valence electrons. The molecule has 0 saturated heterocycles. The predicted octanol–water partition coefficient (Wildman–Crippen LogP) is 20.8. The van der Waals surface area contributed by atoms with Gasteiger partial charge in [-0.05, 0) is 162 Å². The Hall–Kier alpha value is -10.6. The summed E-state index contributed by atoms with van der Waals surface area (Å²) in [5, 5.41) is 4.21. The molecule has 0 N–H and O–H groups in total. The van der Waals surface area contributed by atoms with Gasteiger partial charge >= 0.3 is 0 Å². The number of imidazole rings is 1. The van der Waals surface area contributed by atoms with E-state index >= 15 is 0 Å². The van der Waals surface area contributed by atoms with Crippen molar-refractivity contribution in [1.29, 1.82) is 0 Å². The minimum absolute atomic E-state index is 0.0741. The van der Waals surface area contributed by atoms with E-state index in [0.29, 0.717) is 17.1 Å². The molecule has 11 aromatic carbocycles. The largest absolute Gasteiger partial charge is 0.458 e. The minimum Gasteiger partial charge on any atom is -0.458 e. The normalized spacial score (nSPS) is 13.1. The van der Waals surface area contributed by atoms with Gasteiger partial charge in [0.1, 0.15) is 28.5 Å². The maximum absolute atomic E-state index is 9.46. The number of furan rings is 1. The summed E-state index contributed by atoms with van der Waals surface area (Å²) in [6, 6.07) is 73.9. The van der Waals surface area contributed by atoms with Crippen LogP contribution in [0.25, 0.3) is 139 Å². The van der Waals surface area contributed by atoms with Crippen molar-refractivity contribution in [2.45, 2.75) is 52.4 Å². The van der Waals surface area contributed by atoms with Crippen molar-refractivity contribution in [1.82, 2.24) is 14.1 Å². The summed E-state index contributed by atoms with van der Waals surface area (Å²) in [6.45, 7) is 13.3. The molecule has 6 heteroatoms. The molecule has 15 aromatic rings. The molecule has 86 heavy (non-hydrogen) atoms. The molecule has 1 aliphatic heterocycles. The van der Waals surface area contributed by atoms with Crippen LogP contribution in [0.2, 0.25) is 0 Å². The lowest BCUT2D eigenvalue weighted by Gasteiger charge is -2.21. The molecule has 16 rings (SSSR count). The number of para-hydroxylation sites is 3. The molecular weight excluding hydrogens is 1050 g/mol. The third kappa shape index (κ3) is 8.38. The van der Waals surface area contributed by atoms with Gasteiger partial charge in [0.2, 0.25) is 0 Å². The van der Waals surface area contributed by atoms with Crippen molar-refractivity contribution in [3.8, 4) is 95.5 Å². The standard InChI is InChI=1S/C80H60N4O2/c1-79(2,3)54-36-33-50(34-37-54)53-44-69-61-23-10-11-26-65(61)76-59(51-19-8-7-9-20-51)27-17-29-66(76)67-30-18-28-60(52-35-40-74-68(43-52)64-25-13-15-32-73(64)86-74)77(67)83-49-82(72(45-53)78(69)83)56-21-16-22-57(47-56)85-58-38-39-63-62-24-12-14-31-70(62)84(71(63)48-58)75-46-55(41-42-81-75)80(4,5)6/h7-48H,1-6H3/i7D,8D,9D,19D,20D. The number of ether oxygens (including phenoxy) is 1. The van der Waals surface area contributed by atoms with Gasteiger partial charge in [-0.2, -0.15) is 0 Å². The first-order valence-corrected chi connectivity index (χ1v) is 29.3. The Morgan fingerprint density at radius 1 is 0.453 bits per heavy atom. The monoisotopic (exact) mass is 1110 g/mol. The van der Waals surface area contributed by atoms with Gasteiger partial charge in [-0.15, -0.1) is 0 Å². The van der Waals surface area contributed by atoms with E-state index in [1.807, 2.05) is 72.9 Å². The first-order valence-electron chi connectivity index (χ1n) is 31.8. The number of benzene rings is 11. The highest BCUT2D eigenvalue weighted by molar-refractivity contribution is 6.11. The summed E-state index contributed by atoms with van der Waals surface area (Å²) in [7, 11) is 0. The van der Waals surface area contributed by atoms with Crippen molar-refractivity contribution < 1.29 is 20.6 Å². The minimum atomic E-state index is -0.445. The van der Waals surface area contributed by atoms with Crippen LogP contribution in [0.3, 0.4) is 0 Å². The Morgan fingerprint density at radius 2 is 1.13 bits per heavy atom. The third-order valence-electron chi connectivity index (χ3n) is 17.2. The van der Waals surface area contributed by atoms with Crippen LogP contribution in [0.1, 0.15) is 59.5 Å². The highest BCUT2D eigenvalue weighted by atomic mass is 16.5. The Morgan fingerprint density at radius 3 is 1.95 bits per heavy atom. The first kappa shape index (κ1) is 45.9. The van der Waals surface area contributed by atoms with Gasteiger partial charge in [-0.3, -0.25) is 13.7 Å². The van der Waals surface area contributed by atoms with E-state index in [2.05, 4.69) is 213 Å². The molecule has 1 aliphatic rings. The lowest BCUT2D eigenvalue weighted by Crippen LogP contribution is -2.32. The highest BCUT2D eigenvalue weighted by Crippen LogP contribution is 2.50. The molecule has 0 aliphatic carbocycles. The summed E-state index contributed by atoms with van der Waals surface area (Å²) >= 11 is 0. The smallest absolute Gasteiger partial charge is 0.269 e. The number of hydrogen-bond donors (Lipinski definition) is 0. The average molecular weight is 1110 g/mol. The van der Waals surface area contributed by atoms with Crippen molar-refractivity contribution >= 4 is 54.8 Å². The maximum atomic E-state index is 9.46. The van der Waals surface area contributed by atoms with Gasteiger partial charge in [0.25, 0.3) is 6.33 Å². The number of pyridine rings is 1. The SMILES string of the molecule is [2H]c1c([2H])c([2H])c(-c2cccc3c2-c2ccccc2-c2cc(-c4ccc(C(C)(C)C)cc4)cc4c2[n+]([c-]n4-c2cccc(Oc4ccc5c6ccccc6n(-c6cc(C(C)(C)C)ccn6)c5c4)c2)-c2c(-c4ccc5oc6ccccc6c5c4)cccc2-3)c([2H])c1[2H]. The molecule has 0 atom stereocenters. The van der Waals surface area contributed by atoms with Gasteiger partial charge in [0.05, 0.1) is 40.3 Å². The first-order chi connectivity index (χ1) is 44.0. The van der Waals surface area contributed by atoms with Crippen LogP contribution in [0.4, 0.5) is 0 Å². The van der Waals surface area contributed by atoms with Gasteiger partial charge < -0.3 is 9.15 Å². The zero-order valence-corrected chi connectivity index (χ0v) is 48.5. The van der Waals surface area contributed by atoms with Crippen LogP contribution in [0.15, 0.2) is 259 Å². The van der Waals surface area contributed by atoms with Crippen molar-refractivity contribution in [2.24, 2.45) is 0 Å². The van der Waals surface area contributed by atoms with E-state index in [0.717, 1.165) is 128 Å². The van der Waals surface area contributed by atoms with E-state index in [4.69, 9.17) is 18.3 Å². The second-order valence-corrected chi connectivity index (χ2v) is 24.6. The van der Waals surface area contributed by atoms with Crippen LogP contribution in [-0.2, 0) is 10.8 Å². The Bertz CT molecular complexity index is 5520. The molecule has 0 fully saturated rings. The topological polar surface area (TPSA) is 49.0 Å². The van der Waals surface area contributed by atoms with E-state index < -0.39 is 18.1 Å². The molecule has 5 heterocycles. The van der Waals surface area contributed by atoms with Crippen molar-refractivity contribution in [3.63, 3.8) is 0 Å². The molecule has 0 spiro atoms. The summed E-state index contributed by atoms with van der Waals surface area (Å²) in [6.07, 6.45) is 5.92. The van der Waals surface area contributed by atoms with Crippen molar-refractivity contribution in [3.05, 3.63) is 272 Å². The number of aromatic nitrogens is 4. The van der Waals surface area contributed by atoms with Crippen LogP contribution in [0, 0.1) is 6.33 Å². The summed E-state index contributed by atoms with van der Waals surface area (Å²) < 4.78 is 65.5. The number of fused-ring (bicyclic) bond motifs is 13. The van der Waals surface area contributed by atoms with Crippen LogP contribution in [0.5, 0.6) is 11.5 Å². The quantitative estimate of drug-likeness (QED) is 0.118. The highest BCUT2D eigenvalue weighted by Gasteiger charge is 2.29. The molecular formula is C80H60N4O2. The fourth-order valence-electron chi connectivity index (χ4n) is 12.9. The molecule has 0 bridgehead atoms. The average Bonchev–Trinajstić information content (AvgIpc) is 1.26. The Balaban J connectivity index is 0.968. The van der Waals surface area contributed by atoms with E-state index in [9.17, 15) is 2.74 Å². The molecule has 6 nitrogen and oxygen atoms in total.